The molecule has 0 saturated carbocycles. The van der Waals surface area contributed by atoms with Crippen molar-refractivity contribution >= 4 is 16.8 Å². The summed E-state index contributed by atoms with van der Waals surface area (Å²) in [6, 6.07) is 14.2. The molecule has 2 aromatic carbocycles. The summed E-state index contributed by atoms with van der Waals surface area (Å²) in [5, 5.41) is 2.20. The van der Waals surface area contributed by atoms with Crippen LogP contribution in [-0.4, -0.2) is 60.3 Å². The number of amides is 1. The number of nitrogens with zero attached hydrogens (tertiary/aromatic N) is 3. The minimum absolute atomic E-state index is 0.148. The fraction of sp³-hybridized carbons (Fsp3) is 0.400. The molecule has 3 aromatic rings. The van der Waals surface area contributed by atoms with Crippen LogP contribution < -0.4 is 4.74 Å². The van der Waals surface area contributed by atoms with E-state index in [2.05, 4.69) is 15.5 Å². The zero-order chi connectivity index (χ0) is 22.5. The zero-order valence-electron chi connectivity index (χ0n) is 18.7. The Hall–Kier alpha value is -2.90. The minimum Gasteiger partial charge on any atom is -0.490 e. The molecular weight excluding hydrogens is 409 g/mol. The Balaban J connectivity index is 1.29. The van der Waals surface area contributed by atoms with E-state index < -0.39 is 0 Å². The minimum atomic E-state index is -0.246. The van der Waals surface area contributed by atoms with Crippen molar-refractivity contribution in [3.05, 3.63) is 66.1 Å². The van der Waals surface area contributed by atoms with Gasteiger partial charge in [-0.05, 0) is 56.1 Å². The first-order valence-corrected chi connectivity index (χ1v) is 11.1. The maximum atomic E-state index is 13.0. The fourth-order valence-electron chi connectivity index (χ4n) is 4.28. The Morgan fingerprint density at radius 3 is 2.53 bits per heavy atom. The third-order valence-electron chi connectivity index (χ3n) is 6.10. The summed E-state index contributed by atoms with van der Waals surface area (Å²) < 4.78 is 21.2. The molecule has 0 radical (unpaired) electrons. The van der Waals surface area contributed by atoms with E-state index in [0.29, 0.717) is 5.56 Å². The summed E-state index contributed by atoms with van der Waals surface area (Å²) in [5.41, 5.74) is 1.72. The number of fused-ring (bicyclic) bond motifs is 1. The van der Waals surface area contributed by atoms with Gasteiger partial charge >= 0.3 is 0 Å². The highest BCUT2D eigenvalue weighted by Gasteiger charge is 2.21. The molecule has 0 N–H and O–H groups in total. The van der Waals surface area contributed by atoms with Gasteiger partial charge < -0.3 is 14.2 Å². The van der Waals surface area contributed by atoms with Crippen LogP contribution in [0.1, 0.15) is 29.6 Å². The number of carbonyl (C=O) groups excluding carboxylic acids is 1. The summed E-state index contributed by atoms with van der Waals surface area (Å²) in [7, 11) is 3.11. The number of rotatable bonds is 8. The van der Waals surface area contributed by atoms with Crippen LogP contribution in [0.2, 0.25) is 0 Å². The predicted molar refractivity (Wildman–Crippen MR) is 122 cm³/mol. The number of ether oxygens (including phenoxy) is 1. The summed E-state index contributed by atoms with van der Waals surface area (Å²) in [5.74, 6) is 0.337. The van der Waals surface area contributed by atoms with Gasteiger partial charge in [0.15, 0.2) is 0 Å². The topological polar surface area (TPSA) is 46.9 Å². The quantitative estimate of drug-likeness (QED) is 0.490. The van der Waals surface area contributed by atoms with E-state index in [1.807, 2.05) is 24.4 Å². The van der Waals surface area contributed by atoms with Crippen molar-refractivity contribution in [2.45, 2.75) is 31.9 Å². The number of aryl methyl sites for hydroxylation is 1. The van der Waals surface area contributed by atoms with Crippen LogP contribution in [0.3, 0.4) is 0 Å². The smallest absolute Gasteiger partial charge is 0.279 e. The Morgan fingerprint density at radius 2 is 1.81 bits per heavy atom. The van der Waals surface area contributed by atoms with Gasteiger partial charge in [0.2, 0.25) is 0 Å². The SMILES string of the molecule is CON(C)C(=O)c1cn(CCCN2CCC(Oc3ccc(F)cc3)CC2)c2ccccc12. The molecule has 32 heavy (non-hydrogen) atoms. The van der Waals surface area contributed by atoms with Gasteiger partial charge in [-0.3, -0.25) is 9.63 Å². The number of likely N-dealkylation sites (tertiary alicyclic amines) is 1. The second kappa shape index (κ2) is 10.1. The van der Waals surface area contributed by atoms with Crippen LogP contribution in [-0.2, 0) is 11.4 Å². The molecule has 1 aromatic heterocycles. The number of benzene rings is 2. The van der Waals surface area contributed by atoms with Gasteiger partial charge in [-0.2, -0.15) is 0 Å². The molecule has 1 saturated heterocycles. The highest BCUT2D eigenvalue weighted by molar-refractivity contribution is 6.06. The van der Waals surface area contributed by atoms with Crippen molar-refractivity contribution in [1.82, 2.24) is 14.5 Å². The molecule has 170 valence electrons. The van der Waals surface area contributed by atoms with E-state index in [1.54, 1.807) is 19.2 Å². The molecule has 1 amide bonds. The Kier molecular flexibility index (Phi) is 7.07. The average Bonchev–Trinajstić information content (AvgIpc) is 3.19. The van der Waals surface area contributed by atoms with Gasteiger partial charge in [-0.25, -0.2) is 9.45 Å². The Labute approximate surface area is 188 Å². The maximum Gasteiger partial charge on any atom is 0.279 e. The molecule has 0 aliphatic carbocycles. The summed E-state index contributed by atoms with van der Waals surface area (Å²) in [4.78, 5) is 20.2. The summed E-state index contributed by atoms with van der Waals surface area (Å²) in [6.45, 7) is 3.81. The lowest BCUT2D eigenvalue weighted by atomic mass is 10.1. The van der Waals surface area contributed by atoms with Crippen molar-refractivity contribution in [3.8, 4) is 5.75 Å². The second-order valence-corrected chi connectivity index (χ2v) is 8.20. The van der Waals surface area contributed by atoms with E-state index in [0.717, 1.165) is 62.1 Å². The molecule has 6 nitrogen and oxygen atoms in total. The third-order valence-corrected chi connectivity index (χ3v) is 6.10. The number of piperidine rings is 1. The molecule has 4 rings (SSSR count). The Bertz CT molecular complexity index is 1040. The van der Waals surface area contributed by atoms with Crippen molar-refractivity contribution < 1.29 is 18.8 Å². The van der Waals surface area contributed by atoms with Gasteiger partial charge in [-0.1, -0.05) is 18.2 Å². The van der Waals surface area contributed by atoms with E-state index in [4.69, 9.17) is 9.57 Å². The lowest BCUT2D eigenvalue weighted by Crippen LogP contribution is -2.38. The maximum absolute atomic E-state index is 13.0. The van der Waals surface area contributed by atoms with Gasteiger partial charge in [-0.15, -0.1) is 0 Å². The molecular formula is C25H30FN3O3. The van der Waals surface area contributed by atoms with Crippen LogP contribution in [0.5, 0.6) is 5.75 Å². The van der Waals surface area contributed by atoms with Crippen LogP contribution in [0.15, 0.2) is 54.7 Å². The number of aromatic nitrogens is 1. The predicted octanol–water partition coefficient (Wildman–Crippen LogP) is 4.35. The van der Waals surface area contributed by atoms with Crippen molar-refractivity contribution in [2.24, 2.45) is 0 Å². The first kappa shape index (κ1) is 22.3. The molecule has 0 spiro atoms. The molecule has 2 heterocycles. The van der Waals surface area contributed by atoms with Crippen LogP contribution in [0, 0.1) is 5.82 Å². The molecule has 1 fully saturated rings. The highest BCUT2D eigenvalue weighted by atomic mass is 19.1. The lowest BCUT2D eigenvalue weighted by molar-refractivity contribution is -0.0755. The molecule has 1 aliphatic rings. The number of halogens is 1. The molecule has 0 bridgehead atoms. The first-order valence-electron chi connectivity index (χ1n) is 11.1. The highest BCUT2D eigenvalue weighted by Crippen LogP contribution is 2.24. The van der Waals surface area contributed by atoms with E-state index in [-0.39, 0.29) is 17.8 Å². The number of para-hydroxylation sites is 1. The van der Waals surface area contributed by atoms with E-state index in [1.165, 1.54) is 24.3 Å². The van der Waals surface area contributed by atoms with Gasteiger partial charge in [0.05, 0.1) is 12.7 Å². The summed E-state index contributed by atoms with van der Waals surface area (Å²) in [6.07, 6.45) is 5.04. The van der Waals surface area contributed by atoms with Crippen molar-refractivity contribution in [3.63, 3.8) is 0 Å². The number of hydrogen-bond donors (Lipinski definition) is 0. The monoisotopic (exact) mass is 439 g/mol. The molecule has 0 atom stereocenters. The van der Waals surface area contributed by atoms with Crippen LogP contribution in [0.25, 0.3) is 10.9 Å². The zero-order valence-corrected chi connectivity index (χ0v) is 18.7. The van der Waals surface area contributed by atoms with Crippen molar-refractivity contribution in [2.75, 3.05) is 33.8 Å². The normalized spacial score (nSPS) is 15.2. The first-order chi connectivity index (χ1) is 15.5. The number of hydroxylamine groups is 2. The van der Waals surface area contributed by atoms with Crippen LogP contribution in [0.4, 0.5) is 4.39 Å². The van der Waals surface area contributed by atoms with Crippen molar-refractivity contribution in [1.29, 1.82) is 0 Å². The molecule has 7 heteroatoms. The molecule has 1 aliphatic heterocycles. The van der Waals surface area contributed by atoms with Gasteiger partial charge in [0.1, 0.15) is 17.7 Å². The van der Waals surface area contributed by atoms with E-state index in [9.17, 15) is 9.18 Å². The van der Waals surface area contributed by atoms with E-state index >= 15 is 0 Å². The fourth-order valence-corrected chi connectivity index (χ4v) is 4.28. The standard InChI is InChI=1S/C25H30FN3O3/c1-27(31-2)25(30)23-18-29(24-7-4-3-6-22(23)24)15-5-14-28-16-12-21(13-17-28)32-20-10-8-19(26)9-11-20/h3-4,6-11,18,21H,5,12-17H2,1-2H3. The third kappa shape index (κ3) is 5.11. The van der Waals surface area contributed by atoms with Gasteiger partial charge in [0.25, 0.3) is 5.91 Å². The Morgan fingerprint density at radius 1 is 1.09 bits per heavy atom. The number of carbonyl (C=O) groups is 1. The average molecular weight is 440 g/mol. The van der Waals surface area contributed by atoms with Gasteiger partial charge in [0, 0.05) is 43.8 Å². The second-order valence-electron chi connectivity index (χ2n) is 8.20. The summed E-state index contributed by atoms with van der Waals surface area (Å²) >= 11 is 0. The van der Waals surface area contributed by atoms with Crippen LogP contribution >= 0.6 is 0 Å². The largest absolute Gasteiger partial charge is 0.490 e. The lowest BCUT2D eigenvalue weighted by Gasteiger charge is -2.32. The molecule has 0 unspecified atom stereocenters. The number of hydrogen-bond acceptors (Lipinski definition) is 4.